The molecule has 0 bridgehead atoms. The number of halogens is 1. The lowest BCUT2D eigenvalue weighted by molar-refractivity contribution is -0.115. The largest absolute Gasteiger partial charge is 0.508 e. The van der Waals surface area contributed by atoms with E-state index < -0.39 is 0 Å². The molecule has 0 aromatic heterocycles. The number of carbonyl (C=O) groups is 2. The zero-order valence-electron chi connectivity index (χ0n) is 16.1. The summed E-state index contributed by atoms with van der Waals surface area (Å²) in [5, 5.41) is 14.7. The van der Waals surface area contributed by atoms with Crippen LogP contribution in [0.2, 0.25) is 0 Å². The average Bonchev–Trinajstić information content (AvgIpc) is 3.02. The molecule has 0 unspecified atom stereocenters. The highest BCUT2D eigenvalue weighted by molar-refractivity contribution is 9.10. The molecule has 1 aliphatic heterocycles. The highest BCUT2D eigenvalue weighted by Crippen LogP contribution is 2.28. The summed E-state index contributed by atoms with van der Waals surface area (Å²) in [6.07, 6.45) is 3.36. The molecule has 0 atom stereocenters. The highest BCUT2D eigenvalue weighted by Gasteiger charge is 2.22. The molecule has 2 aromatic carbocycles. The number of phenols is 1. The lowest BCUT2D eigenvalue weighted by atomic mass is 10.0. The number of anilines is 1. The predicted molar refractivity (Wildman–Crippen MR) is 129 cm³/mol. The second-order valence-electron chi connectivity index (χ2n) is 6.70. The van der Waals surface area contributed by atoms with Crippen LogP contribution in [0.1, 0.15) is 17.5 Å². The van der Waals surface area contributed by atoms with Gasteiger partial charge in [-0.05, 0) is 66.4 Å². The molecule has 30 heavy (non-hydrogen) atoms. The molecule has 0 saturated carbocycles. The third kappa shape index (κ3) is 6.07. The number of rotatable bonds is 6. The Hall–Kier alpha value is -2.36. The molecular formula is C21H20BrN3O3S2. The van der Waals surface area contributed by atoms with E-state index in [1.165, 1.54) is 23.9 Å². The van der Waals surface area contributed by atoms with Crippen LogP contribution in [-0.2, 0) is 11.2 Å². The molecular weight excluding hydrogens is 486 g/mol. The van der Waals surface area contributed by atoms with Crippen molar-refractivity contribution in [3.63, 3.8) is 0 Å². The number of hydrogen-bond acceptors (Lipinski definition) is 5. The zero-order chi connectivity index (χ0) is 21.7. The quantitative estimate of drug-likeness (QED) is 0.300. The van der Waals surface area contributed by atoms with Gasteiger partial charge in [0.2, 0.25) is 0 Å². The van der Waals surface area contributed by atoms with E-state index in [-0.39, 0.29) is 17.7 Å². The van der Waals surface area contributed by atoms with Crippen molar-refractivity contribution in [3.05, 3.63) is 63.0 Å². The number of benzene rings is 2. The molecule has 3 N–H and O–H groups in total. The monoisotopic (exact) mass is 505 g/mol. The van der Waals surface area contributed by atoms with Crippen LogP contribution in [0.3, 0.4) is 0 Å². The summed E-state index contributed by atoms with van der Waals surface area (Å²) in [5.74, 6) is -0.0292. The van der Waals surface area contributed by atoms with Crippen LogP contribution in [0.15, 0.2) is 51.8 Å². The molecule has 3 rings (SSSR count). The van der Waals surface area contributed by atoms with Crippen molar-refractivity contribution in [3.8, 4) is 5.75 Å². The third-order valence-electron chi connectivity index (χ3n) is 4.44. The van der Waals surface area contributed by atoms with Gasteiger partial charge in [-0.25, -0.2) is 4.79 Å². The van der Waals surface area contributed by atoms with Crippen molar-refractivity contribution in [2.45, 2.75) is 12.8 Å². The molecule has 6 nitrogen and oxygen atoms in total. The molecule has 1 fully saturated rings. The molecule has 156 valence electrons. The first kappa shape index (κ1) is 22.3. The smallest absolute Gasteiger partial charge is 0.321 e. The van der Waals surface area contributed by atoms with Crippen LogP contribution in [0.4, 0.5) is 10.5 Å². The standard InChI is InChI=1S/C21H20BrN3O3S2/c1-25(20(28)23-16-6-8-17(26)9-7-16)10-2-3-13-4-5-15(22)11-14(13)12-18-19(27)24-21(29)30-18/h4-9,11-12,26H,2-3,10H2,1H3,(H,23,28)(H,24,27,29)/b18-12-. The number of urea groups is 1. The summed E-state index contributed by atoms with van der Waals surface area (Å²) in [4.78, 5) is 26.5. The molecule has 0 spiro atoms. The zero-order valence-corrected chi connectivity index (χ0v) is 19.4. The molecule has 9 heteroatoms. The Morgan fingerprint density at radius 2 is 2.03 bits per heavy atom. The Bertz CT molecular complexity index is 1010. The van der Waals surface area contributed by atoms with E-state index in [2.05, 4.69) is 26.6 Å². The number of carbonyl (C=O) groups excluding carboxylic acids is 2. The van der Waals surface area contributed by atoms with Gasteiger partial charge in [-0.2, -0.15) is 0 Å². The van der Waals surface area contributed by atoms with Crippen molar-refractivity contribution in [1.29, 1.82) is 0 Å². The summed E-state index contributed by atoms with van der Waals surface area (Å²) in [7, 11) is 1.74. The summed E-state index contributed by atoms with van der Waals surface area (Å²) in [5.41, 5.74) is 2.66. The number of aryl methyl sites for hydroxylation is 1. The first-order valence-corrected chi connectivity index (χ1v) is 11.2. The van der Waals surface area contributed by atoms with Crippen molar-refractivity contribution >= 4 is 67.9 Å². The number of amides is 3. The maximum atomic E-state index is 12.3. The molecule has 1 aliphatic rings. The molecule has 3 amide bonds. The number of phenolic OH excluding ortho intramolecular Hbond substituents is 1. The van der Waals surface area contributed by atoms with Gasteiger partial charge in [0.25, 0.3) is 5.91 Å². The van der Waals surface area contributed by atoms with E-state index in [0.29, 0.717) is 21.5 Å². The van der Waals surface area contributed by atoms with Gasteiger partial charge in [0.05, 0.1) is 4.91 Å². The van der Waals surface area contributed by atoms with Crippen LogP contribution in [-0.4, -0.2) is 39.9 Å². The lowest BCUT2D eigenvalue weighted by Gasteiger charge is -2.18. The number of hydrogen-bond donors (Lipinski definition) is 3. The summed E-state index contributed by atoms with van der Waals surface area (Å²) in [6, 6.07) is 12.1. The van der Waals surface area contributed by atoms with Gasteiger partial charge in [-0.3, -0.25) is 4.79 Å². The normalized spacial score (nSPS) is 14.7. The molecule has 0 radical (unpaired) electrons. The highest BCUT2D eigenvalue weighted by atomic mass is 79.9. The van der Waals surface area contributed by atoms with Gasteiger partial charge in [0, 0.05) is 23.8 Å². The van der Waals surface area contributed by atoms with Crippen LogP contribution >= 0.6 is 39.9 Å². The van der Waals surface area contributed by atoms with E-state index in [0.717, 1.165) is 28.4 Å². The van der Waals surface area contributed by atoms with E-state index in [9.17, 15) is 14.7 Å². The minimum absolute atomic E-state index is 0.150. The number of nitrogens with one attached hydrogen (secondary N) is 2. The van der Waals surface area contributed by atoms with Gasteiger partial charge in [-0.15, -0.1) is 0 Å². The summed E-state index contributed by atoms with van der Waals surface area (Å²) in [6.45, 7) is 0.565. The molecule has 1 saturated heterocycles. The van der Waals surface area contributed by atoms with E-state index >= 15 is 0 Å². The van der Waals surface area contributed by atoms with E-state index in [1.807, 2.05) is 24.3 Å². The molecule has 0 aliphatic carbocycles. The Balaban J connectivity index is 1.59. The first-order valence-electron chi connectivity index (χ1n) is 9.16. The lowest BCUT2D eigenvalue weighted by Crippen LogP contribution is -2.32. The second kappa shape index (κ2) is 10.1. The summed E-state index contributed by atoms with van der Waals surface area (Å²) >= 11 is 9.79. The van der Waals surface area contributed by atoms with Gasteiger partial charge in [0.15, 0.2) is 0 Å². The van der Waals surface area contributed by atoms with Crippen molar-refractivity contribution in [2.75, 3.05) is 18.9 Å². The second-order valence-corrected chi connectivity index (χ2v) is 9.33. The van der Waals surface area contributed by atoms with Crippen molar-refractivity contribution in [2.24, 2.45) is 0 Å². The van der Waals surface area contributed by atoms with Gasteiger partial charge in [0.1, 0.15) is 10.1 Å². The number of nitrogens with zero attached hydrogens (tertiary/aromatic N) is 1. The van der Waals surface area contributed by atoms with Crippen molar-refractivity contribution < 1.29 is 14.7 Å². The summed E-state index contributed by atoms with van der Waals surface area (Å²) < 4.78 is 1.39. The van der Waals surface area contributed by atoms with Crippen LogP contribution in [0.25, 0.3) is 6.08 Å². The fourth-order valence-corrected chi connectivity index (χ4v) is 4.28. The Morgan fingerprint density at radius 1 is 1.30 bits per heavy atom. The average molecular weight is 506 g/mol. The number of aromatic hydroxyl groups is 1. The Labute approximate surface area is 192 Å². The van der Waals surface area contributed by atoms with Gasteiger partial charge < -0.3 is 20.6 Å². The Morgan fingerprint density at radius 3 is 2.70 bits per heavy atom. The van der Waals surface area contributed by atoms with Crippen LogP contribution in [0, 0.1) is 0 Å². The topological polar surface area (TPSA) is 81.7 Å². The third-order valence-corrected chi connectivity index (χ3v) is 6.10. The van der Waals surface area contributed by atoms with Gasteiger partial charge >= 0.3 is 6.03 Å². The number of thioether (sulfide) groups is 1. The number of thiocarbonyl (C=S) groups is 1. The minimum Gasteiger partial charge on any atom is -0.508 e. The van der Waals surface area contributed by atoms with Gasteiger partial charge in [-0.1, -0.05) is 46.0 Å². The maximum Gasteiger partial charge on any atom is 0.321 e. The predicted octanol–water partition coefficient (Wildman–Crippen LogP) is 4.74. The SMILES string of the molecule is CN(CCCc1ccc(Br)cc1/C=C1\SC(=S)NC1=O)C(=O)Nc1ccc(O)cc1. The van der Waals surface area contributed by atoms with Crippen LogP contribution in [0.5, 0.6) is 5.75 Å². The van der Waals surface area contributed by atoms with Crippen molar-refractivity contribution in [1.82, 2.24) is 10.2 Å². The molecule has 1 heterocycles. The fourth-order valence-electron chi connectivity index (χ4n) is 2.86. The minimum atomic E-state index is -0.216. The Kier molecular flexibility index (Phi) is 7.52. The fraction of sp³-hybridized carbons (Fsp3) is 0.190. The molecule has 2 aromatic rings. The van der Waals surface area contributed by atoms with E-state index in [1.54, 1.807) is 24.1 Å². The van der Waals surface area contributed by atoms with Crippen LogP contribution < -0.4 is 10.6 Å². The maximum absolute atomic E-state index is 12.3. The van der Waals surface area contributed by atoms with E-state index in [4.69, 9.17) is 12.2 Å². The first-order chi connectivity index (χ1) is 14.3.